The molecule has 0 bridgehead atoms. The van der Waals surface area contributed by atoms with Gasteiger partial charge in [0.1, 0.15) is 6.10 Å². The van der Waals surface area contributed by atoms with Crippen molar-refractivity contribution in [2.75, 3.05) is 0 Å². The number of hydrogen-bond donors (Lipinski definition) is 0. The molecule has 0 aliphatic rings. The number of aryl methyl sites for hydroxylation is 1. The fraction of sp³-hybridized carbons (Fsp3) is 0.829. The van der Waals surface area contributed by atoms with Gasteiger partial charge in [0.2, 0.25) is 0 Å². The zero-order valence-corrected chi connectivity index (χ0v) is 26.1. The highest BCUT2D eigenvalue weighted by Crippen LogP contribution is 2.19. The van der Waals surface area contributed by atoms with Crippen LogP contribution in [0.15, 0.2) is 30.9 Å². The minimum atomic E-state index is 0.0402. The summed E-state index contributed by atoms with van der Waals surface area (Å²) in [5, 5.41) is 0. The second-order valence-corrected chi connectivity index (χ2v) is 11.9. The summed E-state index contributed by atoms with van der Waals surface area (Å²) in [5.41, 5.74) is 1.41. The van der Waals surface area contributed by atoms with Crippen LogP contribution in [0.25, 0.3) is 0 Å². The lowest BCUT2D eigenvalue weighted by Crippen LogP contribution is -2.18. The predicted molar refractivity (Wildman–Crippen MR) is 168 cm³/mol. The first kappa shape index (κ1) is 35.4. The molecule has 1 rings (SSSR count). The Kier molecular flexibility index (Phi) is 24.2. The van der Waals surface area contributed by atoms with E-state index in [1.54, 1.807) is 0 Å². The number of carbonyl (C=O) groups is 1. The zero-order valence-electron chi connectivity index (χ0n) is 26.1. The summed E-state index contributed by atoms with van der Waals surface area (Å²) in [6.07, 6.45) is 36.0. The van der Waals surface area contributed by atoms with Gasteiger partial charge in [-0.05, 0) is 64.2 Å². The first-order valence-corrected chi connectivity index (χ1v) is 17.0. The Morgan fingerprint density at radius 1 is 0.692 bits per heavy atom. The molecule has 0 saturated heterocycles. The van der Waals surface area contributed by atoms with Crippen LogP contribution in [-0.4, -0.2) is 21.6 Å². The number of aromatic nitrogens is 2. The average molecular weight is 545 g/mol. The van der Waals surface area contributed by atoms with Crippen LogP contribution in [0.1, 0.15) is 174 Å². The fourth-order valence-electron chi connectivity index (χ4n) is 5.38. The molecule has 0 aromatic carbocycles. The first-order chi connectivity index (χ1) is 19.2. The summed E-state index contributed by atoms with van der Waals surface area (Å²) in [6, 6.07) is 0. The summed E-state index contributed by atoms with van der Waals surface area (Å²) >= 11 is 0. The number of hydrogen-bond acceptors (Lipinski definition) is 3. The number of rotatable bonds is 29. The first-order valence-electron chi connectivity index (χ1n) is 17.0. The van der Waals surface area contributed by atoms with Crippen molar-refractivity contribution >= 4 is 5.97 Å². The van der Waals surface area contributed by atoms with E-state index in [-0.39, 0.29) is 12.1 Å². The van der Waals surface area contributed by atoms with Crippen molar-refractivity contribution in [2.24, 2.45) is 0 Å². The van der Waals surface area contributed by atoms with E-state index in [0.717, 1.165) is 45.1 Å². The molecule has 0 fully saturated rings. The van der Waals surface area contributed by atoms with Crippen molar-refractivity contribution in [3.05, 3.63) is 30.9 Å². The van der Waals surface area contributed by atoms with Crippen molar-refractivity contribution in [1.29, 1.82) is 0 Å². The Labute approximate surface area is 242 Å². The maximum Gasteiger partial charge on any atom is 0.306 e. The zero-order chi connectivity index (χ0) is 28.2. The molecular formula is C35H64N2O2. The second-order valence-electron chi connectivity index (χ2n) is 11.9. The summed E-state index contributed by atoms with van der Waals surface area (Å²) in [5.74, 6) is 0.0402. The smallest absolute Gasteiger partial charge is 0.306 e. The Hall–Kier alpha value is -1.58. The van der Waals surface area contributed by atoms with Gasteiger partial charge in [0.15, 0.2) is 0 Å². The molecule has 226 valence electrons. The lowest BCUT2D eigenvalue weighted by molar-refractivity contribution is -0.150. The van der Waals surface area contributed by atoms with Crippen LogP contribution in [0.5, 0.6) is 0 Å². The molecule has 1 heterocycles. The van der Waals surface area contributed by atoms with Crippen LogP contribution < -0.4 is 0 Å². The van der Waals surface area contributed by atoms with E-state index < -0.39 is 0 Å². The topological polar surface area (TPSA) is 44.1 Å². The van der Waals surface area contributed by atoms with E-state index in [4.69, 9.17) is 4.74 Å². The second kappa shape index (κ2) is 26.6. The van der Waals surface area contributed by atoms with Gasteiger partial charge in [-0.3, -0.25) is 4.79 Å². The minimum Gasteiger partial charge on any atom is -0.462 e. The van der Waals surface area contributed by atoms with Crippen molar-refractivity contribution in [1.82, 2.24) is 9.55 Å². The van der Waals surface area contributed by atoms with E-state index in [1.807, 2.05) is 18.7 Å². The van der Waals surface area contributed by atoms with Gasteiger partial charge in [0.05, 0.1) is 6.33 Å². The van der Waals surface area contributed by atoms with Crippen LogP contribution in [0, 0.1) is 0 Å². The fourth-order valence-corrected chi connectivity index (χ4v) is 5.38. The predicted octanol–water partition coefficient (Wildman–Crippen LogP) is 11.1. The summed E-state index contributed by atoms with van der Waals surface area (Å²) in [6.45, 7) is 9.89. The van der Waals surface area contributed by atoms with Gasteiger partial charge >= 0.3 is 5.97 Å². The SMILES string of the molecule is C=C(CCCCCCCC(=O)OC(CCCCCCCC)CCCCCCCC)CCCCCn1ccnc1. The third kappa shape index (κ3) is 22.9. The Balaban J connectivity index is 2.06. The Bertz CT molecular complexity index is 654. The molecule has 0 spiro atoms. The summed E-state index contributed by atoms with van der Waals surface area (Å²) in [4.78, 5) is 16.6. The lowest BCUT2D eigenvalue weighted by Gasteiger charge is -2.18. The summed E-state index contributed by atoms with van der Waals surface area (Å²) < 4.78 is 8.14. The monoisotopic (exact) mass is 544 g/mol. The quantitative estimate of drug-likeness (QED) is 0.0572. The molecule has 0 atom stereocenters. The molecule has 39 heavy (non-hydrogen) atoms. The molecule has 0 amide bonds. The molecule has 1 aromatic heterocycles. The molecular weight excluding hydrogens is 480 g/mol. The van der Waals surface area contributed by atoms with E-state index in [0.29, 0.717) is 6.42 Å². The maximum atomic E-state index is 12.6. The van der Waals surface area contributed by atoms with Gasteiger partial charge in [-0.15, -0.1) is 0 Å². The highest BCUT2D eigenvalue weighted by atomic mass is 16.5. The van der Waals surface area contributed by atoms with E-state index in [1.165, 1.54) is 121 Å². The van der Waals surface area contributed by atoms with Gasteiger partial charge in [0, 0.05) is 25.4 Å². The number of nitrogens with zero attached hydrogens (tertiary/aromatic N) is 2. The third-order valence-corrected chi connectivity index (χ3v) is 7.97. The highest BCUT2D eigenvalue weighted by molar-refractivity contribution is 5.69. The van der Waals surface area contributed by atoms with Crippen molar-refractivity contribution in [2.45, 2.75) is 187 Å². The Morgan fingerprint density at radius 2 is 1.18 bits per heavy atom. The molecule has 0 N–H and O–H groups in total. The van der Waals surface area contributed by atoms with Gasteiger partial charge < -0.3 is 9.30 Å². The van der Waals surface area contributed by atoms with Gasteiger partial charge in [-0.2, -0.15) is 0 Å². The number of ether oxygens (including phenoxy) is 1. The van der Waals surface area contributed by atoms with E-state index in [2.05, 4.69) is 30.0 Å². The molecule has 0 aliphatic carbocycles. The minimum absolute atomic E-state index is 0.0402. The highest BCUT2D eigenvalue weighted by Gasteiger charge is 2.14. The summed E-state index contributed by atoms with van der Waals surface area (Å²) in [7, 11) is 0. The van der Waals surface area contributed by atoms with Gasteiger partial charge in [-0.1, -0.05) is 116 Å². The standard InChI is InChI=1S/C35H64N2O2/c1-4-6-8-10-14-20-26-34(27-21-15-11-9-7-5-2)39-35(38)28-22-16-12-13-18-24-33(3)25-19-17-23-30-37-31-29-36-32-37/h29,31-32,34H,3-28,30H2,1-2H3. The average Bonchev–Trinajstić information content (AvgIpc) is 3.45. The van der Waals surface area contributed by atoms with Crippen LogP contribution in [0.2, 0.25) is 0 Å². The molecule has 4 nitrogen and oxygen atoms in total. The normalized spacial score (nSPS) is 11.4. The largest absolute Gasteiger partial charge is 0.462 e. The third-order valence-electron chi connectivity index (χ3n) is 7.97. The molecule has 4 heteroatoms. The van der Waals surface area contributed by atoms with Crippen molar-refractivity contribution in [3.63, 3.8) is 0 Å². The van der Waals surface area contributed by atoms with Crippen molar-refractivity contribution in [3.8, 4) is 0 Å². The van der Waals surface area contributed by atoms with Crippen LogP contribution in [0.4, 0.5) is 0 Å². The number of esters is 1. The molecule has 0 radical (unpaired) electrons. The molecule has 0 unspecified atom stereocenters. The van der Waals surface area contributed by atoms with Gasteiger partial charge in [0.25, 0.3) is 0 Å². The van der Waals surface area contributed by atoms with E-state index >= 15 is 0 Å². The van der Waals surface area contributed by atoms with Crippen LogP contribution in [0.3, 0.4) is 0 Å². The number of carbonyl (C=O) groups excluding carboxylic acids is 1. The molecule has 0 saturated carbocycles. The van der Waals surface area contributed by atoms with Gasteiger partial charge in [-0.25, -0.2) is 4.98 Å². The van der Waals surface area contributed by atoms with E-state index in [9.17, 15) is 4.79 Å². The molecule has 0 aliphatic heterocycles. The lowest BCUT2D eigenvalue weighted by atomic mass is 10.0. The van der Waals surface area contributed by atoms with Crippen LogP contribution in [-0.2, 0) is 16.1 Å². The Morgan fingerprint density at radius 3 is 1.72 bits per heavy atom. The number of unbranched alkanes of at least 4 members (excludes halogenated alkanes) is 16. The van der Waals surface area contributed by atoms with Crippen molar-refractivity contribution < 1.29 is 9.53 Å². The van der Waals surface area contributed by atoms with Crippen LogP contribution >= 0.6 is 0 Å². The number of imidazole rings is 1. The maximum absolute atomic E-state index is 12.6. The molecule has 1 aromatic rings. The number of allylic oxidation sites excluding steroid dienone is 1.